The number of hydrogen-bond acceptors (Lipinski definition) is 2. The van der Waals surface area contributed by atoms with Gasteiger partial charge in [-0.25, -0.2) is 0 Å². The second-order valence-electron chi connectivity index (χ2n) is 5.43. The predicted octanol–water partition coefficient (Wildman–Crippen LogP) is 3.12. The molecular formula is C16H18O2. The van der Waals surface area contributed by atoms with E-state index in [9.17, 15) is 5.11 Å². The molecule has 0 amide bonds. The Kier molecular flexibility index (Phi) is 2.56. The highest BCUT2D eigenvalue weighted by molar-refractivity contribution is 5.85. The van der Waals surface area contributed by atoms with Crippen LogP contribution in [0, 0.1) is 5.92 Å². The van der Waals surface area contributed by atoms with Crippen LogP contribution in [0.4, 0.5) is 0 Å². The molecule has 3 rings (SSSR count). The van der Waals surface area contributed by atoms with Crippen LogP contribution in [0.5, 0.6) is 5.75 Å². The largest absolute Gasteiger partial charge is 0.497 e. The first-order chi connectivity index (χ1) is 8.67. The van der Waals surface area contributed by atoms with Gasteiger partial charge in [0.15, 0.2) is 0 Å². The van der Waals surface area contributed by atoms with Crippen LogP contribution >= 0.6 is 0 Å². The van der Waals surface area contributed by atoms with Crippen molar-refractivity contribution in [2.45, 2.75) is 18.8 Å². The second-order valence-corrected chi connectivity index (χ2v) is 5.43. The number of methoxy groups -OCH3 is 1. The fourth-order valence-corrected chi connectivity index (χ4v) is 2.78. The first-order valence-corrected chi connectivity index (χ1v) is 6.36. The summed E-state index contributed by atoms with van der Waals surface area (Å²) in [5.41, 5.74) is 1.50. The van der Waals surface area contributed by atoms with E-state index in [0.29, 0.717) is 5.92 Å². The third-order valence-electron chi connectivity index (χ3n) is 4.34. The Morgan fingerprint density at radius 1 is 1.22 bits per heavy atom. The smallest absolute Gasteiger partial charge is 0.119 e. The van der Waals surface area contributed by atoms with Crippen LogP contribution in [0.15, 0.2) is 36.4 Å². The fourth-order valence-electron chi connectivity index (χ4n) is 2.78. The molecule has 2 heteroatoms. The third-order valence-corrected chi connectivity index (χ3v) is 4.34. The van der Waals surface area contributed by atoms with E-state index in [-0.39, 0.29) is 12.0 Å². The van der Waals surface area contributed by atoms with Crippen LogP contribution in [0.2, 0.25) is 0 Å². The Balaban J connectivity index is 2.02. The third kappa shape index (κ3) is 1.68. The lowest BCUT2D eigenvalue weighted by atomic mass is 9.93. The molecule has 94 valence electrons. The summed E-state index contributed by atoms with van der Waals surface area (Å²) in [5.74, 6) is 1.31. The molecule has 0 bridgehead atoms. The predicted molar refractivity (Wildman–Crippen MR) is 73.0 cm³/mol. The van der Waals surface area contributed by atoms with Crippen molar-refractivity contribution in [2.75, 3.05) is 13.7 Å². The molecule has 2 aromatic carbocycles. The van der Waals surface area contributed by atoms with Crippen LogP contribution in [-0.2, 0) is 5.41 Å². The van der Waals surface area contributed by atoms with Gasteiger partial charge in [-0.2, -0.15) is 0 Å². The standard InChI is InChI=1S/C16H18O2/c1-16(9-14(16)10-17)13-5-3-12-8-15(18-2)6-4-11(12)7-13/h3-8,14,17H,9-10H2,1-2H3. The summed E-state index contributed by atoms with van der Waals surface area (Å²) in [6.45, 7) is 2.52. The van der Waals surface area contributed by atoms with Gasteiger partial charge in [0.25, 0.3) is 0 Å². The van der Waals surface area contributed by atoms with Crippen LogP contribution in [0.25, 0.3) is 10.8 Å². The van der Waals surface area contributed by atoms with Gasteiger partial charge in [-0.05, 0) is 46.2 Å². The molecule has 1 aliphatic carbocycles. The lowest BCUT2D eigenvalue weighted by molar-refractivity contribution is 0.265. The molecule has 1 N–H and O–H groups in total. The number of aliphatic hydroxyl groups excluding tert-OH is 1. The van der Waals surface area contributed by atoms with E-state index in [2.05, 4.69) is 37.3 Å². The van der Waals surface area contributed by atoms with Gasteiger partial charge in [-0.1, -0.05) is 31.2 Å². The van der Waals surface area contributed by atoms with Crippen molar-refractivity contribution in [1.29, 1.82) is 0 Å². The highest BCUT2D eigenvalue weighted by atomic mass is 16.5. The van der Waals surface area contributed by atoms with Gasteiger partial charge in [0, 0.05) is 6.61 Å². The first kappa shape index (κ1) is 11.5. The van der Waals surface area contributed by atoms with E-state index in [1.54, 1.807) is 7.11 Å². The Bertz CT molecular complexity index is 591. The lowest BCUT2D eigenvalue weighted by Gasteiger charge is -2.12. The molecule has 1 aliphatic rings. The summed E-state index contributed by atoms with van der Waals surface area (Å²) in [4.78, 5) is 0. The summed E-state index contributed by atoms with van der Waals surface area (Å²) in [6.07, 6.45) is 1.09. The van der Waals surface area contributed by atoms with E-state index in [1.807, 2.05) is 6.07 Å². The summed E-state index contributed by atoms with van der Waals surface area (Å²) >= 11 is 0. The minimum Gasteiger partial charge on any atom is -0.497 e. The number of aliphatic hydroxyl groups is 1. The molecular weight excluding hydrogens is 224 g/mol. The van der Waals surface area contributed by atoms with Crippen LogP contribution in [0.3, 0.4) is 0 Å². The number of ether oxygens (including phenoxy) is 1. The molecule has 0 aromatic heterocycles. The van der Waals surface area contributed by atoms with E-state index < -0.39 is 0 Å². The van der Waals surface area contributed by atoms with Gasteiger partial charge in [0.05, 0.1) is 7.11 Å². The number of hydrogen-bond donors (Lipinski definition) is 1. The molecule has 2 unspecified atom stereocenters. The maximum absolute atomic E-state index is 9.27. The summed E-state index contributed by atoms with van der Waals surface area (Å²) < 4.78 is 5.23. The molecule has 1 saturated carbocycles. The Labute approximate surface area is 107 Å². The molecule has 0 heterocycles. The first-order valence-electron chi connectivity index (χ1n) is 6.36. The SMILES string of the molecule is COc1ccc2cc(C3(C)CC3CO)ccc2c1. The van der Waals surface area contributed by atoms with Gasteiger partial charge in [-0.15, -0.1) is 0 Å². The normalized spacial score (nSPS) is 26.3. The zero-order chi connectivity index (χ0) is 12.8. The molecule has 18 heavy (non-hydrogen) atoms. The zero-order valence-corrected chi connectivity index (χ0v) is 10.8. The molecule has 2 aromatic rings. The monoisotopic (exact) mass is 242 g/mol. The summed E-state index contributed by atoms with van der Waals surface area (Å²) in [7, 11) is 1.69. The summed E-state index contributed by atoms with van der Waals surface area (Å²) in [6, 6.07) is 12.7. The Morgan fingerprint density at radius 2 is 1.94 bits per heavy atom. The maximum Gasteiger partial charge on any atom is 0.119 e. The molecule has 0 aliphatic heterocycles. The summed E-state index contributed by atoms with van der Waals surface area (Å²) in [5, 5.41) is 11.7. The number of benzene rings is 2. The van der Waals surface area contributed by atoms with Gasteiger partial charge in [0.2, 0.25) is 0 Å². The highest BCUT2D eigenvalue weighted by Gasteiger charge is 2.50. The van der Waals surface area contributed by atoms with Crippen molar-refractivity contribution in [1.82, 2.24) is 0 Å². The van der Waals surface area contributed by atoms with Crippen molar-refractivity contribution in [3.63, 3.8) is 0 Å². The molecule has 2 nitrogen and oxygen atoms in total. The van der Waals surface area contributed by atoms with Gasteiger partial charge in [-0.3, -0.25) is 0 Å². The van der Waals surface area contributed by atoms with Gasteiger partial charge < -0.3 is 9.84 Å². The number of rotatable bonds is 3. The molecule has 1 fully saturated rings. The minimum absolute atomic E-state index is 0.170. The quantitative estimate of drug-likeness (QED) is 0.896. The van der Waals surface area contributed by atoms with Crippen LogP contribution in [0.1, 0.15) is 18.9 Å². The highest BCUT2D eigenvalue weighted by Crippen LogP contribution is 2.53. The molecule has 2 atom stereocenters. The fraction of sp³-hybridized carbons (Fsp3) is 0.375. The van der Waals surface area contributed by atoms with Crippen LogP contribution < -0.4 is 4.74 Å². The average molecular weight is 242 g/mol. The van der Waals surface area contributed by atoms with Gasteiger partial charge in [0.1, 0.15) is 5.75 Å². The average Bonchev–Trinajstić information content (AvgIpc) is 3.10. The van der Waals surface area contributed by atoms with E-state index in [4.69, 9.17) is 4.74 Å². The Hall–Kier alpha value is -1.54. The van der Waals surface area contributed by atoms with Crippen molar-refractivity contribution >= 4 is 10.8 Å². The Morgan fingerprint density at radius 3 is 2.61 bits per heavy atom. The van der Waals surface area contributed by atoms with Crippen molar-refractivity contribution in [3.8, 4) is 5.75 Å². The van der Waals surface area contributed by atoms with Crippen molar-refractivity contribution in [2.24, 2.45) is 5.92 Å². The zero-order valence-electron chi connectivity index (χ0n) is 10.8. The van der Waals surface area contributed by atoms with Crippen LogP contribution in [-0.4, -0.2) is 18.8 Å². The van der Waals surface area contributed by atoms with Crippen molar-refractivity contribution in [3.05, 3.63) is 42.0 Å². The van der Waals surface area contributed by atoms with E-state index >= 15 is 0 Å². The van der Waals surface area contributed by atoms with E-state index in [1.165, 1.54) is 16.3 Å². The number of fused-ring (bicyclic) bond motifs is 1. The lowest BCUT2D eigenvalue weighted by Crippen LogP contribution is -2.06. The minimum atomic E-state index is 0.170. The van der Waals surface area contributed by atoms with Crippen molar-refractivity contribution < 1.29 is 9.84 Å². The molecule has 0 radical (unpaired) electrons. The topological polar surface area (TPSA) is 29.5 Å². The maximum atomic E-state index is 9.27. The molecule has 0 spiro atoms. The molecule has 0 saturated heterocycles. The van der Waals surface area contributed by atoms with Gasteiger partial charge >= 0.3 is 0 Å². The second kappa shape index (κ2) is 3.99. The van der Waals surface area contributed by atoms with E-state index in [0.717, 1.165) is 12.2 Å².